The summed E-state index contributed by atoms with van der Waals surface area (Å²) in [5, 5.41) is 5.65. The molecular formula is C17H23NOS. The van der Waals surface area contributed by atoms with Gasteiger partial charge in [0.15, 0.2) is 0 Å². The molecular weight excluding hydrogens is 266 g/mol. The first-order valence-electron chi connectivity index (χ1n) is 7.13. The number of hydrogen-bond donors (Lipinski definition) is 1. The maximum absolute atomic E-state index is 5.70. The number of nitrogens with one attached hydrogen (secondary N) is 1. The monoisotopic (exact) mass is 289 g/mol. The van der Waals surface area contributed by atoms with E-state index in [1.54, 1.807) is 11.3 Å². The van der Waals surface area contributed by atoms with Gasteiger partial charge in [0.2, 0.25) is 0 Å². The molecule has 1 aromatic carbocycles. The topological polar surface area (TPSA) is 21.3 Å². The molecule has 0 amide bonds. The molecule has 0 aliphatic carbocycles. The highest BCUT2D eigenvalue weighted by molar-refractivity contribution is 7.09. The van der Waals surface area contributed by atoms with Crippen molar-refractivity contribution in [2.75, 3.05) is 6.61 Å². The van der Waals surface area contributed by atoms with E-state index in [9.17, 15) is 0 Å². The largest absolute Gasteiger partial charge is 0.493 e. The predicted octanol–water partition coefficient (Wildman–Crippen LogP) is 4.63. The minimum Gasteiger partial charge on any atom is -0.493 e. The van der Waals surface area contributed by atoms with Gasteiger partial charge >= 0.3 is 0 Å². The molecule has 2 nitrogen and oxygen atoms in total. The van der Waals surface area contributed by atoms with Crippen molar-refractivity contribution in [3.8, 4) is 5.75 Å². The SMILES string of the molecule is CC(C)COc1ccc(C(C)NCc2cccs2)cc1. The highest BCUT2D eigenvalue weighted by Gasteiger charge is 2.05. The van der Waals surface area contributed by atoms with E-state index in [0.29, 0.717) is 12.0 Å². The van der Waals surface area contributed by atoms with E-state index in [1.807, 2.05) is 0 Å². The molecule has 1 atom stereocenters. The quantitative estimate of drug-likeness (QED) is 0.802. The van der Waals surface area contributed by atoms with Gasteiger partial charge in [0.05, 0.1) is 6.61 Å². The van der Waals surface area contributed by atoms with Crippen LogP contribution in [-0.2, 0) is 6.54 Å². The third-order valence-corrected chi connectivity index (χ3v) is 4.00. The summed E-state index contributed by atoms with van der Waals surface area (Å²) >= 11 is 1.79. The van der Waals surface area contributed by atoms with Crippen LogP contribution in [-0.4, -0.2) is 6.61 Å². The Kier molecular flexibility index (Phi) is 5.62. The maximum atomic E-state index is 5.70. The van der Waals surface area contributed by atoms with E-state index in [4.69, 9.17) is 4.74 Å². The Hall–Kier alpha value is -1.32. The Labute approximate surface area is 125 Å². The van der Waals surface area contributed by atoms with Crippen molar-refractivity contribution in [2.45, 2.75) is 33.4 Å². The van der Waals surface area contributed by atoms with Gasteiger partial charge in [0.25, 0.3) is 0 Å². The van der Waals surface area contributed by atoms with Gasteiger partial charge in [-0.25, -0.2) is 0 Å². The van der Waals surface area contributed by atoms with Gasteiger partial charge in [-0.3, -0.25) is 0 Å². The van der Waals surface area contributed by atoms with E-state index in [2.05, 4.69) is 67.9 Å². The molecule has 3 heteroatoms. The lowest BCUT2D eigenvalue weighted by Crippen LogP contribution is -2.17. The van der Waals surface area contributed by atoms with Crippen LogP contribution in [0.25, 0.3) is 0 Å². The van der Waals surface area contributed by atoms with Crippen LogP contribution in [0.3, 0.4) is 0 Å². The van der Waals surface area contributed by atoms with Gasteiger partial charge in [-0.15, -0.1) is 11.3 Å². The minimum atomic E-state index is 0.344. The van der Waals surface area contributed by atoms with Crippen molar-refractivity contribution < 1.29 is 4.74 Å². The summed E-state index contributed by atoms with van der Waals surface area (Å²) in [6.45, 7) is 8.20. The average Bonchev–Trinajstić information content (AvgIpc) is 2.96. The van der Waals surface area contributed by atoms with E-state index >= 15 is 0 Å². The molecule has 1 aromatic heterocycles. The summed E-state index contributed by atoms with van der Waals surface area (Å²) in [5.74, 6) is 1.51. The van der Waals surface area contributed by atoms with Crippen LogP contribution < -0.4 is 10.1 Å². The molecule has 0 bridgehead atoms. The molecule has 2 aromatic rings. The van der Waals surface area contributed by atoms with Crippen molar-refractivity contribution in [3.05, 3.63) is 52.2 Å². The third-order valence-electron chi connectivity index (χ3n) is 3.13. The molecule has 0 aliphatic rings. The molecule has 1 unspecified atom stereocenters. The van der Waals surface area contributed by atoms with Crippen LogP contribution >= 0.6 is 11.3 Å². The second kappa shape index (κ2) is 7.46. The third kappa shape index (κ3) is 4.66. The predicted molar refractivity (Wildman–Crippen MR) is 86.3 cm³/mol. The molecule has 20 heavy (non-hydrogen) atoms. The molecule has 0 saturated heterocycles. The Bertz CT molecular complexity index is 490. The van der Waals surface area contributed by atoms with E-state index in [0.717, 1.165) is 18.9 Å². The minimum absolute atomic E-state index is 0.344. The van der Waals surface area contributed by atoms with Crippen molar-refractivity contribution in [1.29, 1.82) is 0 Å². The highest BCUT2D eigenvalue weighted by atomic mass is 32.1. The first-order valence-corrected chi connectivity index (χ1v) is 8.01. The fraction of sp³-hybridized carbons (Fsp3) is 0.412. The van der Waals surface area contributed by atoms with Crippen LogP contribution in [0, 0.1) is 5.92 Å². The van der Waals surface area contributed by atoms with Gasteiger partial charge < -0.3 is 10.1 Å². The van der Waals surface area contributed by atoms with Crippen LogP contribution in [0.5, 0.6) is 5.75 Å². The van der Waals surface area contributed by atoms with Crippen LogP contribution in [0.2, 0.25) is 0 Å². The fourth-order valence-electron chi connectivity index (χ4n) is 1.90. The highest BCUT2D eigenvalue weighted by Crippen LogP contribution is 2.19. The second-order valence-corrected chi connectivity index (χ2v) is 6.49. The zero-order valence-electron chi connectivity index (χ0n) is 12.4. The molecule has 1 N–H and O–H groups in total. The molecule has 0 fully saturated rings. The first kappa shape index (κ1) is 15.1. The van der Waals surface area contributed by atoms with Crippen molar-refractivity contribution in [1.82, 2.24) is 5.32 Å². The Morgan fingerprint density at radius 2 is 1.85 bits per heavy atom. The molecule has 1 heterocycles. The molecule has 0 radical (unpaired) electrons. The number of thiophene rings is 1. The standard InChI is InChI=1S/C17H23NOS/c1-13(2)12-19-16-8-6-15(7-9-16)14(3)18-11-17-5-4-10-20-17/h4-10,13-14,18H,11-12H2,1-3H3. The molecule has 108 valence electrons. The average molecular weight is 289 g/mol. The fourth-order valence-corrected chi connectivity index (χ4v) is 2.56. The summed E-state index contributed by atoms with van der Waals surface area (Å²) in [5.41, 5.74) is 1.29. The molecule has 0 spiro atoms. The van der Waals surface area contributed by atoms with Gasteiger partial charge in [-0.1, -0.05) is 32.0 Å². The zero-order chi connectivity index (χ0) is 14.4. The summed E-state index contributed by atoms with van der Waals surface area (Å²) in [6.07, 6.45) is 0. The normalized spacial score (nSPS) is 12.6. The van der Waals surface area contributed by atoms with E-state index < -0.39 is 0 Å². The second-order valence-electron chi connectivity index (χ2n) is 5.46. The Morgan fingerprint density at radius 1 is 1.10 bits per heavy atom. The van der Waals surface area contributed by atoms with E-state index in [-0.39, 0.29) is 0 Å². The lowest BCUT2D eigenvalue weighted by Gasteiger charge is -2.15. The maximum Gasteiger partial charge on any atom is 0.119 e. The van der Waals surface area contributed by atoms with Gasteiger partial charge in [-0.05, 0) is 42.0 Å². The molecule has 2 rings (SSSR count). The van der Waals surface area contributed by atoms with Gasteiger partial charge in [-0.2, -0.15) is 0 Å². The number of benzene rings is 1. The van der Waals surface area contributed by atoms with Crippen LogP contribution in [0.4, 0.5) is 0 Å². The Morgan fingerprint density at radius 3 is 2.45 bits per heavy atom. The number of hydrogen-bond acceptors (Lipinski definition) is 3. The van der Waals surface area contributed by atoms with Crippen molar-refractivity contribution in [2.24, 2.45) is 5.92 Å². The van der Waals surface area contributed by atoms with Crippen LogP contribution in [0.15, 0.2) is 41.8 Å². The van der Waals surface area contributed by atoms with Crippen molar-refractivity contribution in [3.63, 3.8) is 0 Å². The Balaban J connectivity index is 1.85. The number of ether oxygens (including phenoxy) is 1. The smallest absolute Gasteiger partial charge is 0.119 e. The molecule has 0 saturated carbocycles. The van der Waals surface area contributed by atoms with E-state index in [1.165, 1.54) is 10.4 Å². The summed E-state index contributed by atoms with van der Waals surface area (Å²) in [7, 11) is 0. The van der Waals surface area contributed by atoms with Crippen LogP contribution in [0.1, 0.15) is 37.3 Å². The summed E-state index contributed by atoms with van der Waals surface area (Å²) < 4.78 is 5.70. The molecule has 0 aliphatic heterocycles. The van der Waals surface area contributed by atoms with Gasteiger partial charge in [0, 0.05) is 17.5 Å². The number of rotatable bonds is 7. The van der Waals surface area contributed by atoms with Gasteiger partial charge in [0.1, 0.15) is 5.75 Å². The summed E-state index contributed by atoms with van der Waals surface area (Å²) in [4.78, 5) is 1.37. The lowest BCUT2D eigenvalue weighted by atomic mass is 10.1. The zero-order valence-corrected chi connectivity index (χ0v) is 13.2. The van der Waals surface area contributed by atoms with Crippen molar-refractivity contribution >= 4 is 11.3 Å². The lowest BCUT2D eigenvalue weighted by molar-refractivity contribution is 0.271. The first-order chi connectivity index (χ1) is 9.65. The summed E-state index contributed by atoms with van der Waals surface area (Å²) in [6, 6.07) is 13.0.